The molecule has 0 heterocycles. The molecule has 0 saturated carbocycles. The standard InChI is InChI=1S/C23H25BN2O4.C21H21BN2O4.C20H18N2O3.C14H16BNO3.C9H11NO2.C2HF3O.CH2Cl2.Li.H2O/c1-3-30-23(28)19-10-6-7-11-20(19)25-22(27)21(26-24(2)29)15-16-12-13-17-8-4-5-9-18(17)14-16;1-22(28)24-19(13-14-10-11-15-6-2-3-7-16(15)12-14)20(25)23-18-9-5-4-8-17(18)21(26)27;21-17(12-13-9-10-14-5-1-2-6-15(14)11-13)19(23)22-18-8-4-3-7-16(18)20(24)25;1-15(19)16-13(14(17)18)9-10-6-7-11-4-2-3-5-12(11)8-10;1-2-12-9(11)7-5-3-4-6-8(7)10;3-2(4,5)1-6;2-1-3;;/h4-14,21,26,29H,3,15H2,1-2H3,(H,25,27);2-12,19,24,28H,13H2,1H3,(H,23,25)(H,26,27);1-11,17H,12,21H2,(H,22,23)(H,24,25);2-8,13,16,19H,9H2,1H3,(H,17,18);3-6H,2,10H2,1H3;1H;1H2;;1H2/q;;;;;;;+1;/p-1. The topological polar surface area (TPSA) is 448 Å². The maximum Gasteiger partial charge on any atom is 1.00 e. The number of halogens is 5. The Morgan fingerprint density at radius 1 is 0.408 bits per heavy atom. The zero-order chi connectivity index (χ0) is 90.1. The Balaban J connectivity index is 0.000000325. The van der Waals surface area contributed by atoms with Gasteiger partial charge in [0.25, 0.3) is 0 Å². The van der Waals surface area contributed by atoms with Gasteiger partial charge in [-0.1, -0.05) is 218 Å². The van der Waals surface area contributed by atoms with Crippen LogP contribution in [0.1, 0.15) is 77.5 Å². The maximum atomic E-state index is 13.0. The molecule has 0 aromatic heterocycles. The van der Waals surface area contributed by atoms with Gasteiger partial charge in [0, 0.05) is 5.69 Å². The predicted octanol–water partition coefficient (Wildman–Crippen LogP) is 11.1. The van der Waals surface area contributed by atoms with Crippen LogP contribution in [-0.4, -0.2) is 160 Å². The quantitative estimate of drug-likeness (QED) is 0.00747. The largest absolute Gasteiger partial charge is 1.00 e. The fourth-order valence-corrected chi connectivity index (χ4v) is 12.2. The summed E-state index contributed by atoms with van der Waals surface area (Å²) in [4.78, 5) is 104. The molecule has 0 spiro atoms. The number of nitrogens with two attached hydrogens (primary N) is 2. The summed E-state index contributed by atoms with van der Waals surface area (Å²) >= 11 is 9.53. The number of carboxylic acids is 3. The van der Waals surface area contributed by atoms with Crippen molar-refractivity contribution in [2.75, 3.05) is 40.2 Å². The molecular weight excluding hydrogens is 1650 g/mol. The van der Waals surface area contributed by atoms with Gasteiger partial charge in [0.1, 0.15) is 6.04 Å². The number of anilines is 4. The number of aliphatic carboxylic acids is 1. The third kappa shape index (κ3) is 36.2. The molecule has 3 amide bonds. The number of carbonyl (C=O) groups is 9. The number of nitrogens with one attached hydrogen (secondary N) is 6. The van der Waals surface area contributed by atoms with Crippen LogP contribution in [0.25, 0.3) is 43.1 Å². The van der Waals surface area contributed by atoms with Gasteiger partial charge in [-0.05, 0) is 174 Å². The summed E-state index contributed by atoms with van der Waals surface area (Å²) in [5.41, 5.74) is 17.4. The molecular formula is C90H95B3Cl2F3LiN8O18. The monoisotopic (exact) mass is 1740 g/mol. The van der Waals surface area contributed by atoms with Crippen LogP contribution in [0, 0.1) is 0 Å². The Hall–Kier alpha value is -12.2. The summed E-state index contributed by atoms with van der Waals surface area (Å²) in [5.74, 6) is -5.22. The molecule has 26 nitrogen and oxygen atoms in total. The van der Waals surface area contributed by atoms with Gasteiger partial charge in [0.15, 0.2) is 0 Å². The van der Waals surface area contributed by atoms with Crippen LogP contribution in [-0.2, 0) is 59.1 Å². The van der Waals surface area contributed by atoms with E-state index in [0.717, 1.165) is 65.3 Å². The van der Waals surface area contributed by atoms with Crippen molar-refractivity contribution in [3.05, 3.63) is 311 Å². The summed E-state index contributed by atoms with van der Waals surface area (Å²) in [5, 5.41) is 81.8. The number of alkyl halides is 5. The molecule has 0 aliphatic rings. The fourth-order valence-electron chi connectivity index (χ4n) is 12.2. The Morgan fingerprint density at radius 3 is 0.968 bits per heavy atom. The number of benzene rings is 12. The Labute approximate surface area is 743 Å². The third-order valence-electron chi connectivity index (χ3n) is 17.7. The summed E-state index contributed by atoms with van der Waals surface area (Å²) in [6.07, 6.45) is -4.27. The number of carboxylic acid groups (broad SMARTS) is 3. The van der Waals surface area contributed by atoms with Crippen LogP contribution in [0.15, 0.2) is 267 Å². The minimum Gasteiger partial charge on any atom is -0.870 e. The SMILES string of the molecule is CB(O)NC(Cc1ccc2ccccc2c1)C(=O)Nc1ccccc1C(=O)O.CB(O)NC(Cc1ccc2ccccc2c1)C(=O)O.CCOC(=O)c1ccccc1N.CCOC(=O)c1ccccc1NC(=O)C(Cc1ccc2ccccc2c1)NB(C)O.ClCCl.NC(Cc1ccc2ccccc2c1)C(=O)Nc1ccccc1C(=O)O.O=CC(F)(F)F.[Li+].[OH-]. The van der Waals surface area contributed by atoms with Crippen molar-refractivity contribution in [3.63, 3.8) is 0 Å². The fraction of sp³-hybridized carbons (Fsp3) is 0.189. The van der Waals surface area contributed by atoms with Gasteiger partial charge in [0.2, 0.25) is 24.0 Å². The predicted molar refractivity (Wildman–Crippen MR) is 481 cm³/mol. The molecule has 4 atom stereocenters. The second kappa shape index (κ2) is 54.4. The van der Waals surface area contributed by atoms with E-state index in [1.165, 1.54) is 31.8 Å². The second-order valence-electron chi connectivity index (χ2n) is 27.2. The average Bonchev–Trinajstić information content (AvgIpc) is 0.836. The molecule has 12 aromatic carbocycles. The van der Waals surface area contributed by atoms with E-state index in [1.807, 2.05) is 170 Å². The number of esters is 2. The summed E-state index contributed by atoms with van der Waals surface area (Å²) < 4.78 is 41.1. The number of rotatable bonds is 27. The number of carbonyl (C=O) groups excluding carboxylic acids is 6. The van der Waals surface area contributed by atoms with Gasteiger partial charge in [0.05, 0.1) is 76.0 Å². The number of para-hydroxylation sites is 4. The van der Waals surface area contributed by atoms with Crippen LogP contribution in [0.5, 0.6) is 0 Å². The number of nitrogen functional groups attached to an aromatic ring is 1. The van der Waals surface area contributed by atoms with E-state index >= 15 is 0 Å². The summed E-state index contributed by atoms with van der Waals surface area (Å²) in [6, 6.07) is 78.6. The van der Waals surface area contributed by atoms with E-state index in [-0.39, 0.29) is 76.2 Å². The first-order valence-corrected chi connectivity index (χ1v) is 39.5. The van der Waals surface area contributed by atoms with Crippen LogP contribution >= 0.6 is 23.2 Å². The molecule has 125 heavy (non-hydrogen) atoms. The van der Waals surface area contributed by atoms with E-state index < -0.39 is 93.5 Å². The molecule has 0 bridgehead atoms. The van der Waals surface area contributed by atoms with Crippen LogP contribution < -0.4 is 62.0 Å². The van der Waals surface area contributed by atoms with Crippen molar-refractivity contribution in [2.24, 2.45) is 5.73 Å². The molecule has 648 valence electrons. The number of amides is 3. The van der Waals surface area contributed by atoms with Crippen molar-refractivity contribution in [2.45, 2.75) is 90.3 Å². The molecule has 0 radical (unpaired) electrons. The van der Waals surface area contributed by atoms with Crippen molar-refractivity contribution < 1.29 is 121 Å². The number of hydrogen-bond donors (Lipinski definition) is 14. The first-order valence-electron chi connectivity index (χ1n) is 38.5. The third-order valence-corrected chi connectivity index (χ3v) is 17.7. The molecule has 0 fully saturated rings. The van der Waals surface area contributed by atoms with Gasteiger partial charge in [-0.3, -0.25) is 24.0 Å². The van der Waals surface area contributed by atoms with Crippen LogP contribution in [0.4, 0.5) is 35.9 Å². The number of ether oxygens (including phenoxy) is 2. The van der Waals surface area contributed by atoms with Gasteiger partial charge < -0.3 is 88.4 Å². The summed E-state index contributed by atoms with van der Waals surface area (Å²) in [7, 11) is -2.62. The molecule has 0 saturated heterocycles. The van der Waals surface area contributed by atoms with E-state index in [2.05, 4.69) is 31.6 Å². The minimum absolute atomic E-state index is 0. The number of aromatic carboxylic acids is 2. The van der Waals surface area contributed by atoms with Gasteiger partial charge >= 0.3 is 76.0 Å². The van der Waals surface area contributed by atoms with E-state index in [4.69, 9.17) is 54.0 Å². The first-order chi connectivity index (χ1) is 58.7. The van der Waals surface area contributed by atoms with E-state index in [1.54, 1.807) is 99.5 Å². The van der Waals surface area contributed by atoms with Crippen molar-refractivity contribution in [3.8, 4) is 0 Å². The second-order valence-corrected chi connectivity index (χ2v) is 28.0. The van der Waals surface area contributed by atoms with Gasteiger partial charge in [-0.25, -0.2) is 19.2 Å². The van der Waals surface area contributed by atoms with E-state index in [9.17, 15) is 76.8 Å². The first kappa shape index (κ1) is 105. The molecule has 17 N–H and O–H groups in total. The van der Waals surface area contributed by atoms with Crippen molar-refractivity contribution in [1.29, 1.82) is 0 Å². The molecule has 4 unspecified atom stereocenters. The van der Waals surface area contributed by atoms with Crippen LogP contribution in [0.2, 0.25) is 20.5 Å². The Morgan fingerprint density at radius 2 is 0.664 bits per heavy atom. The molecule has 0 aliphatic carbocycles. The zero-order valence-corrected chi connectivity index (χ0v) is 70.6. The Bertz CT molecular complexity index is 5540. The maximum absolute atomic E-state index is 13.0. The van der Waals surface area contributed by atoms with Gasteiger partial charge in [-0.15, -0.1) is 23.2 Å². The van der Waals surface area contributed by atoms with Gasteiger partial charge in [-0.2, -0.15) is 13.2 Å². The molecule has 12 rings (SSSR count). The van der Waals surface area contributed by atoms with Crippen molar-refractivity contribution >= 4 is 164 Å². The van der Waals surface area contributed by atoms with Crippen molar-refractivity contribution in [1.82, 2.24) is 15.7 Å². The molecule has 0 aliphatic heterocycles. The number of aldehydes is 1. The molecule has 35 heteroatoms. The molecule has 12 aromatic rings. The normalized spacial score (nSPS) is 11.3. The Kier molecular flexibility index (Phi) is 45.7. The van der Waals surface area contributed by atoms with E-state index in [0.29, 0.717) is 49.2 Å². The number of hydrogen-bond acceptors (Lipinski definition) is 20. The smallest absolute Gasteiger partial charge is 0.870 e. The minimum atomic E-state index is -4.64. The summed E-state index contributed by atoms with van der Waals surface area (Å²) in [6.45, 7) is 8.71. The average molecular weight is 1740 g/mol. The van der Waals surface area contributed by atoms with Crippen LogP contribution in [0.3, 0.4) is 0 Å². The number of fused-ring (bicyclic) bond motifs is 4. The zero-order valence-electron chi connectivity index (χ0n) is 69.1.